The van der Waals surface area contributed by atoms with Gasteiger partial charge < -0.3 is 10.6 Å². The Balaban J connectivity index is 1.68. The van der Waals surface area contributed by atoms with Crippen molar-refractivity contribution in [2.75, 3.05) is 13.1 Å². The summed E-state index contributed by atoms with van der Waals surface area (Å²) < 4.78 is 14.1. The first kappa shape index (κ1) is 15.4. The van der Waals surface area contributed by atoms with Crippen molar-refractivity contribution in [2.45, 2.75) is 26.3 Å². The highest BCUT2D eigenvalue weighted by molar-refractivity contribution is 5.86. The highest BCUT2D eigenvalue weighted by Gasteiger charge is 2.57. The van der Waals surface area contributed by atoms with E-state index < -0.39 is 5.54 Å². The lowest BCUT2D eigenvalue weighted by molar-refractivity contribution is -0.124. The smallest absolute Gasteiger partial charge is 0.224 e. The molecule has 6 heteroatoms. The first-order valence-electron chi connectivity index (χ1n) is 8.34. The SMILES string of the molecule is Cc1nc(C(C)(C)NC(=O)[C@H]2[C@@H]3CNC[C@@H]32)c2cccc(F)c2n1. The maximum Gasteiger partial charge on any atom is 0.224 e. The number of rotatable bonds is 3. The number of nitrogens with one attached hydrogen (secondary N) is 2. The molecule has 1 aromatic carbocycles. The number of amides is 1. The first-order valence-corrected chi connectivity index (χ1v) is 8.34. The van der Waals surface area contributed by atoms with Gasteiger partial charge in [0.2, 0.25) is 5.91 Å². The zero-order valence-electron chi connectivity index (χ0n) is 14.1. The number of aryl methyl sites for hydroxylation is 1. The molecule has 3 atom stereocenters. The molecule has 24 heavy (non-hydrogen) atoms. The quantitative estimate of drug-likeness (QED) is 0.903. The van der Waals surface area contributed by atoms with Gasteiger partial charge in [0.15, 0.2) is 0 Å². The van der Waals surface area contributed by atoms with Gasteiger partial charge >= 0.3 is 0 Å². The molecule has 2 N–H and O–H groups in total. The molecule has 1 amide bonds. The van der Waals surface area contributed by atoms with Crippen LogP contribution in [0.25, 0.3) is 10.9 Å². The Morgan fingerprint density at radius 1 is 1.29 bits per heavy atom. The van der Waals surface area contributed by atoms with Crippen LogP contribution in [0.15, 0.2) is 18.2 Å². The summed E-state index contributed by atoms with van der Waals surface area (Å²) in [5.41, 5.74) is 0.262. The van der Waals surface area contributed by atoms with E-state index in [2.05, 4.69) is 20.6 Å². The summed E-state index contributed by atoms with van der Waals surface area (Å²) in [5, 5.41) is 7.06. The Labute approximate surface area is 140 Å². The predicted octanol–water partition coefficient (Wildman–Crippen LogP) is 1.89. The minimum Gasteiger partial charge on any atom is -0.345 e. The molecule has 0 radical (unpaired) electrons. The first-order chi connectivity index (χ1) is 11.4. The lowest BCUT2D eigenvalue weighted by atomic mass is 9.95. The van der Waals surface area contributed by atoms with Gasteiger partial charge in [0, 0.05) is 11.3 Å². The normalized spacial score (nSPS) is 25.6. The summed E-state index contributed by atoms with van der Waals surface area (Å²) in [4.78, 5) is 21.4. The molecule has 2 heterocycles. The largest absolute Gasteiger partial charge is 0.345 e. The van der Waals surface area contributed by atoms with Crippen LogP contribution < -0.4 is 10.6 Å². The van der Waals surface area contributed by atoms with Gasteiger partial charge in [-0.2, -0.15) is 0 Å². The van der Waals surface area contributed by atoms with Crippen LogP contribution in [0.4, 0.5) is 4.39 Å². The number of hydrogen-bond acceptors (Lipinski definition) is 4. The second-order valence-corrected chi connectivity index (χ2v) is 7.38. The number of carbonyl (C=O) groups excluding carboxylic acids is 1. The molecule has 2 aliphatic rings. The summed E-state index contributed by atoms with van der Waals surface area (Å²) in [6, 6.07) is 4.84. The lowest BCUT2D eigenvalue weighted by Gasteiger charge is -2.27. The third-order valence-corrected chi connectivity index (χ3v) is 5.21. The van der Waals surface area contributed by atoms with E-state index in [1.807, 2.05) is 13.8 Å². The van der Waals surface area contributed by atoms with E-state index >= 15 is 0 Å². The molecule has 5 nitrogen and oxygen atoms in total. The maximum atomic E-state index is 14.1. The van der Waals surface area contributed by atoms with Gasteiger partial charge in [-0.3, -0.25) is 4.79 Å². The van der Waals surface area contributed by atoms with Gasteiger partial charge in [-0.15, -0.1) is 0 Å². The van der Waals surface area contributed by atoms with Crippen molar-refractivity contribution >= 4 is 16.8 Å². The van der Waals surface area contributed by atoms with Crippen LogP contribution in [0.5, 0.6) is 0 Å². The molecule has 2 aromatic rings. The number of fused-ring (bicyclic) bond motifs is 2. The number of carbonyl (C=O) groups is 1. The predicted molar refractivity (Wildman–Crippen MR) is 88.7 cm³/mol. The van der Waals surface area contributed by atoms with Crippen molar-refractivity contribution < 1.29 is 9.18 Å². The summed E-state index contributed by atoms with van der Waals surface area (Å²) in [6.45, 7) is 7.40. The summed E-state index contributed by atoms with van der Waals surface area (Å²) in [7, 11) is 0. The number of piperidine rings is 1. The van der Waals surface area contributed by atoms with Gasteiger partial charge in [0.25, 0.3) is 0 Å². The lowest BCUT2D eigenvalue weighted by Crippen LogP contribution is -2.44. The molecule has 0 unspecified atom stereocenters. The molecule has 1 aliphatic heterocycles. The fraction of sp³-hybridized carbons (Fsp3) is 0.500. The Kier molecular flexibility index (Phi) is 3.35. The molecular weight excluding hydrogens is 307 g/mol. The van der Waals surface area contributed by atoms with E-state index in [0.717, 1.165) is 13.1 Å². The average Bonchev–Trinajstić information content (AvgIpc) is 3.01. The molecule has 2 fully saturated rings. The highest BCUT2D eigenvalue weighted by Crippen LogP contribution is 2.49. The maximum absolute atomic E-state index is 14.1. The summed E-state index contributed by atoms with van der Waals surface area (Å²) >= 11 is 0. The van der Waals surface area contributed by atoms with E-state index in [1.165, 1.54) is 6.07 Å². The van der Waals surface area contributed by atoms with Crippen LogP contribution in [-0.2, 0) is 10.3 Å². The zero-order chi connectivity index (χ0) is 17.1. The van der Waals surface area contributed by atoms with Gasteiger partial charge in [0.05, 0.1) is 11.2 Å². The average molecular weight is 328 g/mol. The standard InChI is InChI=1S/C18H21FN4O/c1-9-21-15-10(5-4-6-13(15)19)16(22-9)18(2,3)23-17(24)14-11-7-20-8-12(11)14/h4-6,11-12,14,20H,7-8H2,1-3H3,(H,23,24)/t11-,12+,14+. The van der Waals surface area contributed by atoms with Crippen LogP contribution in [0.1, 0.15) is 25.4 Å². The van der Waals surface area contributed by atoms with E-state index in [0.29, 0.717) is 34.3 Å². The number of hydrogen-bond donors (Lipinski definition) is 2. The van der Waals surface area contributed by atoms with Crippen molar-refractivity contribution in [1.29, 1.82) is 0 Å². The molecule has 1 saturated carbocycles. The van der Waals surface area contributed by atoms with Crippen LogP contribution >= 0.6 is 0 Å². The van der Waals surface area contributed by atoms with Crippen LogP contribution in [0, 0.1) is 30.5 Å². The molecule has 1 aromatic heterocycles. The van der Waals surface area contributed by atoms with E-state index in [9.17, 15) is 9.18 Å². The highest BCUT2D eigenvalue weighted by atomic mass is 19.1. The summed E-state index contributed by atoms with van der Waals surface area (Å²) in [6.07, 6.45) is 0. The number of halogens is 1. The number of para-hydroxylation sites is 1. The Morgan fingerprint density at radius 3 is 2.71 bits per heavy atom. The van der Waals surface area contributed by atoms with Gasteiger partial charge in [-0.05, 0) is 51.8 Å². The molecule has 0 bridgehead atoms. The van der Waals surface area contributed by atoms with E-state index in [4.69, 9.17) is 0 Å². The fourth-order valence-electron chi connectivity index (χ4n) is 3.96. The minimum absolute atomic E-state index is 0.0670. The molecule has 126 valence electrons. The Morgan fingerprint density at radius 2 is 2.00 bits per heavy atom. The Bertz CT molecular complexity index is 825. The van der Waals surface area contributed by atoms with Crippen molar-refractivity contribution in [1.82, 2.24) is 20.6 Å². The van der Waals surface area contributed by atoms with Gasteiger partial charge in [-0.1, -0.05) is 12.1 Å². The van der Waals surface area contributed by atoms with Crippen LogP contribution in [-0.4, -0.2) is 29.0 Å². The summed E-state index contributed by atoms with van der Waals surface area (Å²) in [5.74, 6) is 1.21. The Hall–Kier alpha value is -2.08. The van der Waals surface area contributed by atoms with E-state index in [1.54, 1.807) is 19.1 Å². The molecule has 0 spiro atoms. The van der Waals surface area contributed by atoms with Crippen molar-refractivity contribution in [3.63, 3.8) is 0 Å². The third kappa shape index (κ3) is 2.36. The monoisotopic (exact) mass is 328 g/mol. The van der Waals surface area contributed by atoms with Gasteiger partial charge in [0.1, 0.15) is 17.2 Å². The van der Waals surface area contributed by atoms with Crippen molar-refractivity contribution in [3.8, 4) is 0 Å². The molecule has 1 saturated heterocycles. The zero-order valence-corrected chi connectivity index (χ0v) is 14.1. The minimum atomic E-state index is -0.693. The second kappa shape index (κ2) is 5.21. The van der Waals surface area contributed by atoms with Crippen molar-refractivity contribution in [2.24, 2.45) is 17.8 Å². The molecular formula is C18H21FN4O. The molecule has 4 rings (SSSR count). The van der Waals surface area contributed by atoms with Gasteiger partial charge in [-0.25, -0.2) is 14.4 Å². The van der Waals surface area contributed by atoms with Crippen LogP contribution in [0.2, 0.25) is 0 Å². The number of aromatic nitrogens is 2. The topological polar surface area (TPSA) is 66.9 Å². The number of benzene rings is 1. The fourth-order valence-corrected chi connectivity index (χ4v) is 3.96. The number of nitrogens with zero attached hydrogens (tertiary/aromatic N) is 2. The third-order valence-electron chi connectivity index (χ3n) is 5.21. The van der Waals surface area contributed by atoms with Crippen molar-refractivity contribution in [3.05, 3.63) is 35.5 Å². The van der Waals surface area contributed by atoms with Crippen LogP contribution in [0.3, 0.4) is 0 Å². The second-order valence-electron chi connectivity index (χ2n) is 7.38. The van der Waals surface area contributed by atoms with E-state index in [-0.39, 0.29) is 17.6 Å². The molecule has 1 aliphatic carbocycles.